The van der Waals surface area contributed by atoms with Gasteiger partial charge in [0.2, 0.25) is 8.32 Å². The molecule has 4 heteroatoms. The number of rotatable bonds is 4. The van der Waals surface area contributed by atoms with E-state index in [0.717, 1.165) is 0 Å². The molecule has 0 saturated heterocycles. The number of ketones is 2. The summed E-state index contributed by atoms with van der Waals surface area (Å²) in [5, 5.41) is 0. The average Bonchev–Trinajstić information content (AvgIpc) is 1.78. The molecule has 0 spiro atoms. The van der Waals surface area contributed by atoms with Crippen molar-refractivity contribution in [3.8, 4) is 0 Å². The molecule has 0 aromatic carbocycles. The van der Waals surface area contributed by atoms with Crippen molar-refractivity contribution >= 4 is 19.9 Å². The predicted molar refractivity (Wildman–Crippen MR) is 58.5 cm³/mol. The maximum absolute atomic E-state index is 11.2. The SMILES string of the molecule is CC(=O)C(C(C)=O)=C(C)O[Si](C)(C)C. The largest absolute Gasteiger partial charge is 0.547 e. The Labute approximate surface area is 86.3 Å². The minimum Gasteiger partial charge on any atom is -0.547 e. The summed E-state index contributed by atoms with van der Waals surface area (Å²) in [6, 6.07) is 0. The minimum atomic E-state index is -1.74. The van der Waals surface area contributed by atoms with Gasteiger partial charge in [-0.3, -0.25) is 9.59 Å². The summed E-state index contributed by atoms with van der Waals surface area (Å²) in [6.07, 6.45) is 0. The summed E-state index contributed by atoms with van der Waals surface area (Å²) in [4.78, 5) is 22.3. The Morgan fingerprint density at radius 1 is 0.929 bits per heavy atom. The van der Waals surface area contributed by atoms with Crippen LogP contribution in [0.1, 0.15) is 20.8 Å². The van der Waals surface area contributed by atoms with Crippen molar-refractivity contribution in [3.05, 3.63) is 11.3 Å². The molecular weight excluding hydrogens is 196 g/mol. The van der Waals surface area contributed by atoms with Gasteiger partial charge in [-0.15, -0.1) is 0 Å². The van der Waals surface area contributed by atoms with Crippen molar-refractivity contribution in [3.63, 3.8) is 0 Å². The van der Waals surface area contributed by atoms with Gasteiger partial charge in [0, 0.05) is 0 Å². The van der Waals surface area contributed by atoms with Crippen molar-refractivity contribution in [1.29, 1.82) is 0 Å². The Morgan fingerprint density at radius 3 is 1.50 bits per heavy atom. The first kappa shape index (κ1) is 13.1. The van der Waals surface area contributed by atoms with Gasteiger partial charge in [-0.05, 0) is 40.4 Å². The fourth-order valence-electron chi connectivity index (χ4n) is 1.25. The highest BCUT2D eigenvalue weighted by Gasteiger charge is 2.21. The maximum Gasteiger partial charge on any atom is 0.241 e. The highest BCUT2D eigenvalue weighted by atomic mass is 28.4. The van der Waals surface area contributed by atoms with Crippen LogP contribution < -0.4 is 0 Å². The second-order valence-corrected chi connectivity index (χ2v) is 8.69. The Hall–Kier alpha value is -0.903. The van der Waals surface area contributed by atoms with E-state index in [1.54, 1.807) is 6.92 Å². The van der Waals surface area contributed by atoms with E-state index in [9.17, 15) is 9.59 Å². The van der Waals surface area contributed by atoms with Crippen molar-refractivity contribution < 1.29 is 14.0 Å². The fourth-order valence-corrected chi connectivity index (χ4v) is 2.27. The van der Waals surface area contributed by atoms with E-state index in [0.29, 0.717) is 5.76 Å². The molecule has 0 amide bonds. The van der Waals surface area contributed by atoms with Gasteiger partial charge in [0.1, 0.15) is 0 Å². The molecule has 0 aliphatic rings. The number of hydrogen-bond donors (Lipinski definition) is 0. The maximum atomic E-state index is 11.2. The number of carbonyl (C=O) groups excluding carboxylic acids is 2. The molecule has 0 unspecified atom stereocenters. The lowest BCUT2D eigenvalue weighted by molar-refractivity contribution is -0.119. The Kier molecular flexibility index (Phi) is 4.26. The van der Waals surface area contributed by atoms with Crippen LogP contribution in [0.25, 0.3) is 0 Å². The van der Waals surface area contributed by atoms with Crippen LogP contribution in [-0.4, -0.2) is 19.9 Å². The zero-order chi connectivity index (χ0) is 11.5. The van der Waals surface area contributed by atoms with Gasteiger partial charge in [-0.25, -0.2) is 0 Å². The molecule has 0 aliphatic carbocycles. The zero-order valence-corrected chi connectivity index (χ0v) is 10.7. The van der Waals surface area contributed by atoms with Crippen molar-refractivity contribution in [2.45, 2.75) is 40.4 Å². The van der Waals surface area contributed by atoms with Gasteiger partial charge in [-0.1, -0.05) is 0 Å². The van der Waals surface area contributed by atoms with Gasteiger partial charge in [0.05, 0.1) is 11.3 Å². The summed E-state index contributed by atoms with van der Waals surface area (Å²) in [7, 11) is -1.74. The van der Waals surface area contributed by atoms with Gasteiger partial charge in [-0.2, -0.15) is 0 Å². The van der Waals surface area contributed by atoms with Gasteiger partial charge < -0.3 is 4.43 Å². The fraction of sp³-hybridized carbons (Fsp3) is 0.600. The molecule has 0 saturated carbocycles. The van der Waals surface area contributed by atoms with Crippen LogP contribution in [0.4, 0.5) is 0 Å². The van der Waals surface area contributed by atoms with Crippen molar-refractivity contribution in [2.75, 3.05) is 0 Å². The molecule has 0 radical (unpaired) electrons. The molecule has 0 rings (SSSR count). The smallest absolute Gasteiger partial charge is 0.241 e. The van der Waals surface area contributed by atoms with E-state index in [2.05, 4.69) is 0 Å². The lowest BCUT2D eigenvalue weighted by Gasteiger charge is -2.20. The van der Waals surface area contributed by atoms with E-state index in [1.165, 1.54) is 13.8 Å². The highest BCUT2D eigenvalue weighted by molar-refractivity contribution is 6.70. The Balaban J connectivity index is 5.03. The average molecular weight is 214 g/mol. The van der Waals surface area contributed by atoms with Gasteiger partial charge in [0.15, 0.2) is 11.6 Å². The number of hydrogen-bond acceptors (Lipinski definition) is 3. The van der Waals surface area contributed by atoms with Crippen LogP contribution in [0.3, 0.4) is 0 Å². The Morgan fingerprint density at radius 2 is 1.29 bits per heavy atom. The molecule has 0 atom stereocenters. The van der Waals surface area contributed by atoms with E-state index in [4.69, 9.17) is 4.43 Å². The van der Waals surface area contributed by atoms with Crippen molar-refractivity contribution in [1.82, 2.24) is 0 Å². The molecule has 0 aromatic heterocycles. The first-order chi connectivity index (χ1) is 6.15. The number of Topliss-reactive ketones (excluding diaryl/α,β-unsaturated/α-hetero) is 2. The zero-order valence-electron chi connectivity index (χ0n) is 9.72. The third-order valence-corrected chi connectivity index (χ3v) is 2.43. The summed E-state index contributed by atoms with van der Waals surface area (Å²) >= 11 is 0. The molecule has 80 valence electrons. The first-order valence-electron chi connectivity index (χ1n) is 4.57. The predicted octanol–water partition coefficient (Wildman–Crippen LogP) is 2.29. The topological polar surface area (TPSA) is 43.4 Å². The highest BCUT2D eigenvalue weighted by Crippen LogP contribution is 2.15. The lowest BCUT2D eigenvalue weighted by Crippen LogP contribution is -2.26. The molecule has 0 bridgehead atoms. The first-order valence-corrected chi connectivity index (χ1v) is 7.97. The molecule has 0 fully saturated rings. The minimum absolute atomic E-state index is 0.187. The lowest BCUT2D eigenvalue weighted by atomic mass is 10.1. The van der Waals surface area contributed by atoms with Crippen LogP contribution in [0.2, 0.25) is 19.6 Å². The van der Waals surface area contributed by atoms with Crippen LogP contribution in [0.15, 0.2) is 11.3 Å². The van der Waals surface area contributed by atoms with Crippen LogP contribution in [-0.2, 0) is 14.0 Å². The molecule has 3 nitrogen and oxygen atoms in total. The summed E-state index contributed by atoms with van der Waals surface area (Å²) in [6.45, 7) is 10.5. The van der Waals surface area contributed by atoms with E-state index in [1.807, 2.05) is 19.6 Å². The Bertz CT molecular complexity index is 268. The standard InChI is InChI=1S/C10H18O3Si/c1-7(11)10(8(2)12)9(3)13-14(4,5)6/h1-6H3. The molecule has 0 N–H and O–H groups in total. The number of allylic oxidation sites excluding steroid dienone is 2. The third-order valence-electron chi connectivity index (χ3n) is 1.52. The van der Waals surface area contributed by atoms with E-state index < -0.39 is 8.32 Å². The van der Waals surface area contributed by atoms with Crippen LogP contribution >= 0.6 is 0 Å². The molecular formula is C10H18O3Si. The monoisotopic (exact) mass is 214 g/mol. The molecule has 0 heterocycles. The summed E-state index contributed by atoms with van der Waals surface area (Å²) in [5.41, 5.74) is 0.187. The van der Waals surface area contributed by atoms with E-state index in [-0.39, 0.29) is 17.1 Å². The summed E-state index contributed by atoms with van der Waals surface area (Å²) < 4.78 is 5.60. The van der Waals surface area contributed by atoms with Crippen LogP contribution in [0, 0.1) is 0 Å². The summed E-state index contributed by atoms with van der Waals surface area (Å²) in [5.74, 6) is 0.00525. The van der Waals surface area contributed by atoms with Crippen molar-refractivity contribution in [2.24, 2.45) is 0 Å². The van der Waals surface area contributed by atoms with Crippen LogP contribution in [0.5, 0.6) is 0 Å². The van der Waals surface area contributed by atoms with E-state index >= 15 is 0 Å². The number of carbonyl (C=O) groups is 2. The molecule has 14 heavy (non-hydrogen) atoms. The second kappa shape index (κ2) is 4.55. The normalized spacial score (nSPS) is 10.7. The van der Waals surface area contributed by atoms with Gasteiger partial charge in [0.25, 0.3) is 0 Å². The molecule has 0 aliphatic heterocycles. The third kappa shape index (κ3) is 4.37. The van der Waals surface area contributed by atoms with Gasteiger partial charge >= 0.3 is 0 Å². The second-order valence-electron chi connectivity index (χ2n) is 4.26. The molecule has 0 aromatic rings. The quantitative estimate of drug-likeness (QED) is 0.237.